The molecular formula is C19H20N4O3. The van der Waals surface area contributed by atoms with Gasteiger partial charge in [0.05, 0.1) is 0 Å². The lowest BCUT2D eigenvalue weighted by Crippen LogP contribution is -2.36. The van der Waals surface area contributed by atoms with E-state index >= 15 is 0 Å². The van der Waals surface area contributed by atoms with Gasteiger partial charge in [0.2, 0.25) is 0 Å². The fraction of sp³-hybridized carbons (Fsp3) is 0.316. The molecule has 0 radical (unpaired) electrons. The number of ether oxygens (including phenoxy) is 1. The molecule has 0 spiro atoms. The molecular weight excluding hydrogens is 332 g/mol. The highest BCUT2D eigenvalue weighted by Crippen LogP contribution is 2.23. The molecule has 0 saturated heterocycles. The zero-order chi connectivity index (χ0) is 17.9. The average molecular weight is 352 g/mol. The van der Waals surface area contributed by atoms with E-state index < -0.39 is 0 Å². The highest BCUT2D eigenvalue weighted by atomic mass is 16.5. The first-order chi connectivity index (χ1) is 12.8. The molecule has 3 aromatic rings. The third-order valence-electron chi connectivity index (χ3n) is 4.59. The Morgan fingerprint density at radius 2 is 2.19 bits per heavy atom. The predicted molar refractivity (Wildman–Crippen MR) is 93.7 cm³/mol. The molecule has 0 fully saturated rings. The van der Waals surface area contributed by atoms with Gasteiger partial charge in [-0.25, -0.2) is 4.98 Å². The van der Waals surface area contributed by atoms with Gasteiger partial charge in [0.25, 0.3) is 5.91 Å². The maximum absolute atomic E-state index is 12.8. The molecule has 0 bridgehead atoms. The molecule has 134 valence electrons. The number of H-pyrrole nitrogens is 1. The number of nitrogens with one attached hydrogen (secondary N) is 1. The molecule has 4 rings (SSSR count). The van der Waals surface area contributed by atoms with Gasteiger partial charge in [-0.3, -0.25) is 9.89 Å². The summed E-state index contributed by atoms with van der Waals surface area (Å²) < 4.78 is 11.1. The van der Waals surface area contributed by atoms with E-state index in [9.17, 15) is 4.79 Å². The van der Waals surface area contributed by atoms with Gasteiger partial charge in [0, 0.05) is 37.2 Å². The third kappa shape index (κ3) is 3.08. The molecule has 0 aliphatic carbocycles. The van der Waals surface area contributed by atoms with Crippen molar-refractivity contribution in [2.45, 2.75) is 32.9 Å². The van der Waals surface area contributed by atoms with Crippen LogP contribution in [0.2, 0.25) is 0 Å². The number of amides is 1. The van der Waals surface area contributed by atoms with Crippen LogP contribution in [-0.2, 0) is 26.0 Å². The number of para-hydroxylation sites is 1. The minimum absolute atomic E-state index is 0.0997. The molecule has 7 nitrogen and oxygen atoms in total. The number of aromatic nitrogens is 3. The van der Waals surface area contributed by atoms with Crippen molar-refractivity contribution < 1.29 is 13.9 Å². The van der Waals surface area contributed by atoms with E-state index in [1.807, 2.05) is 37.3 Å². The molecule has 1 amide bonds. The van der Waals surface area contributed by atoms with Gasteiger partial charge in [-0.1, -0.05) is 25.1 Å². The highest BCUT2D eigenvalue weighted by molar-refractivity contribution is 5.93. The number of nitrogens with zero attached hydrogens (tertiary/aromatic N) is 3. The number of rotatable bonds is 5. The fourth-order valence-electron chi connectivity index (χ4n) is 3.16. The van der Waals surface area contributed by atoms with Crippen LogP contribution >= 0.6 is 0 Å². The first-order valence-corrected chi connectivity index (χ1v) is 8.70. The van der Waals surface area contributed by atoms with Gasteiger partial charge in [0.15, 0.2) is 12.1 Å². The summed E-state index contributed by atoms with van der Waals surface area (Å²) in [6.45, 7) is 3.43. The Labute approximate surface area is 151 Å². The molecule has 1 N–H and O–H groups in total. The Bertz CT molecular complexity index is 901. The third-order valence-corrected chi connectivity index (χ3v) is 4.59. The van der Waals surface area contributed by atoms with E-state index in [-0.39, 0.29) is 5.91 Å². The molecule has 0 saturated carbocycles. The van der Waals surface area contributed by atoms with Crippen LogP contribution in [0.4, 0.5) is 0 Å². The first kappa shape index (κ1) is 16.4. The number of hydrogen-bond donors (Lipinski definition) is 1. The molecule has 0 unspecified atom stereocenters. The van der Waals surface area contributed by atoms with Crippen LogP contribution in [-0.4, -0.2) is 32.5 Å². The number of carbonyl (C=O) groups excluding carboxylic acids is 1. The lowest BCUT2D eigenvalue weighted by Gasteiger charge is -2.26. The molecule has 7 heteroatoms. The zero-order valence-corrected chi connectivity index (χ0v) is 14.6. The predicted octanol–water partition coefficient (Wildman–Crippen LogP) is 2.74. The van der Waals surface area contributed by atoms with Gasteiger partial charge in [0.1, 0.15) is 23.8 Å². The standard InChI is InChI=1S/C19H20N4O3/c1-2-17-18(20-12-26-17)19(24)23-9-8-15-14(10-23)16(22-21-15)11-25-13-6-4-3-5-7-13/h3-7,12H,2,8-11H2,1H3,(H,21,22). The van der Waals surface area contributed by atoms with E-state index in [2.05, 4.69) is 15.2 Å². The number of aromatic amines is 1. The number of benzene rings is 1. The normalized spacial score (nSPS) is 13.5. The summed E-state index contributed by atoms with van der Waals surface area (Å²) in [5.74, 6) is 1.32. The maximum Gasteiger partial charge on any atom is 0.276 e. The van der Waals surface area contributed by atoms with Crippen LogP contribution in [0.5, 0.6) is 5.75 Å². The van der Waals surface area contributed by atoms with Crippen molar-refractivity contribution in [3.63, 3.8) is 0 Å². The molecule has 3 heterocycles. The van der Waals surface area contributed by atoms with Gasteiger partial charge in [-0.15, -0.1) is 0 Å². The second-order valence-corrected chi connectivity index (χ2v) is 6.18. The SMILES string of the molecule is CCc1ocnc1C(=O)N1CCc2[nH]nc(COc3ccccc3)c2C1. The number of aryl methyl sites for hydroxylation is 1. The van der Waals surface area contributed by atoms with Crippen molar-refractivity contribution >= 4 is 5.91 Å². The molecule has 1 aliphatic rings. The number of hydrogen-bond acceptors (Lipinski definition) is 5. The topological polar surface area (TPSA) is 84.3 Å². The summed E-state index contributed by atoms with van der Waals surface area (Å²) in [4.78, 5) is 18.7. The van der Waals surface area contributed by atoms with Crippen LogP contribution in [0.1, 0.15) is 40.1 Å². The summed E-state index contributed by atoms with van der Waals surface area (Å²) >= 11 is 0. The largest absolute Gasteiger partial charge is 0.487 e. The lowest BCUT2D eigenvalue weighted by molar-refractivity contribution is 0.0725. The number of carbonyl (C=O) groups is 1. The summed E-state index contributed by atoms with van der Waals surface area (Å²) in [6, 6.07) is 9.62. The van der Waals surface area contributed by atoms with Gasteiger partial charge in [-0.2, -0.15) is 5.10 Å². The van der Waals surface area contributed by atoms with Crippen molar-refractivity contribution in [1.82, 2.24) is 20.1 Å². The second kappa shape index (κ2) is 7.03. The van der Waals surface area contributed by atoms with Crippen LogP contribution in [0, 0.1) is 0 Å². The maximum atomic E-state index is 12.8. The van der Waals surface area contributed by atoms with Crippen LogP contribution in [0.3, 0.4) is 0 Å². The monoisotopic (exact) mass is 352 g/mol. The number of fused-ring (bicyclic) bond motifs is 1. The van der Waals surface area contributed by atoms with Crippen molar-refractivity contribution in [3.05, 3.63) is 65.1 Å². The van der Waals surface area contributed by atoms with Gasteiger partial charge < -0.3 is 14.1 Å². The van der Waals surface area contributed by atoms with Crippen LogP contribution < -0.4 is 4.74 Å². The Balaban J connectivity index is 1.49. The van der Waals surface area contributed by atoms with Crippen LogP contribution in [0.15, 0.2) is 41.1 Å². The van der Waals surface area contributed by atoms with Crippen LogP contribution in [0.25, 0.3) is 0 Å². The smallest absolute Gasteiger partial charge is 0.276 e. The second-order valence-electron chi connectivity index (χ2n) is 6.18. The molecule has 26 heavy (non-hydrogen) atoms. The Hall–Kier alpha value is -3.09. The van der Waals surface area contributed by atoms with Gasteiger partial charge in [-0.05, 0) is 12.1 Å². The van der Waals surface area contributed by atoms with Crippen molar-refractivity contribution in [1.29, 1.82) is 0 Å². The van der Waals surface area contributed by atoms with E-state index in [4.69, 9.17) is 9.15 Å². The van der Waals surface area contributed by atoms with E-state index in [0.29, 0.717) is 37.6 Å². The lowest BCUT2D eigenvalue weighted by atomic mass is 10.0. The average Bonchev–Trinajstić information content (AvgIpc) is 3.33. The Morgan fingerprint density at radius 1 is 1.35 bits per heavy atom. The molecule has 0 atom stereocenters. The fourth-order valence-corrected chi connectivity index (χ4v) is 3.16. The first-order valence-electron chi connectivity index (χ1n) is 8.70. The quantitative estimate of drug-likeness (QED) is 0.763. The molecule has 1 aromatic carbocycles. The minimum atomic E-state index is -0.0997. The van der Waals surface area contributed by atoms with Crippen molar-refractivity contribution in [2.75, 3.05) is 6.54 Å². The number of oxazole rings is 1. The van der Waals surface area contributed by atoms with Gasteiger partial charge >= 0.3 is 0 Å². The highest BCUT2D eigenvalue weighted by Gasteiger charge is 2.28. The Morgan fingerprint density at radius 3 is 3.00 bits per heavy atom. The summed E-state index contributed by atoms with van der Waals surface area (Å²) in [7, 11) is 0. The summed E-state index contributed by atoms with van der Waals surface area (Å²) in [6.07, 6.45) is 2.71. The van der Waals surface area contributed by atoms with Crippen molar-refractivity contribution in [3.8, 4) is 5.75 Å². The molecule has 1 aliphatic heterocycles. The molecule has 2 aromatic heterocycles. The Kier molecular flexibility index (Phi) is 4.43. The van der Waals surface area contributed by atoms with Crippen molar-refractivity contribution in [2.24, 2.45) is 0 Å². The zero-order valence-electron chi connectivity index (χ0n) is 14.6. The summed E-state index contributed by atoms with van der Waals surface area (Å²) in [5, 5.41) is 7.46. The van der Waals surface area contributed by atoms with E-state index in [0.717, 1.165) is 29.1 Å². The summed E-state index contributed by atoms with van der Waals surface area (Å²) in [5.41, 5.74) is 3.33. The van der Waals surface area contributed by atoms with E-state index in [1.54, 1.807) is 4.90 Å². The van der Waals surface area contributed by atoms with E-state index in [1.165, 1.54) is 6.39 Å². The minimum Gasteiger partial charge on any atom is -0.487 e.